The summed E-state index contributed by atoms with van der Waals surface area (Å²) in [7, 11) is 0. The smallest absolute Gasteiger partial charge is 0.454 e. The Bertz CT molecular complexity index is 502. The Morgan fingerprint density at radius 3 is 2.50 bits per heavy atom. The molecule has 0 unspecified atom stereocenters. The van der Waals surface area contributed by atoms with Gasteiger partial charge in [0, 0.05) is 5.02 Å². The summed E-state index contributed by atoms with van der Waals surface area (Å²) in [6.07, 6.45) is -7.62. The number of ether oxygens (including phenoxy) is 2. The molecule has 0 fully saturated rings. The normalized spacial score (nSPS) is 12.7. The molecule has 1 aromatic rings. The Kier molecular flexibility index (Phi) is 5.38. The van der Waals surface area contributed by atoms with Crippen LogP contribution < -0.4 is 4.74 Å². The molecule has 20 heavy (non-hydrogen) atoms. The van der Waals surface area contributed by atoms with Gasteiger partial charge >= 0.3 is 12.1 Å². The summed E-state index contributed by atoms with van der Waals surface area (Å²) in [5.74, 6) is -3.89. The second-order valence-electron chi connectivity index (χ2n) is 3.57. The molecule has 8 heteroatoms. The molecule has 0 heterocycles. The van der Waals surface area contributed by atoms with Crippen molar-refractivity contribution in [1.29, 1.82) is 0 Å². The van der Waals surface area contributed by atoms with Crippen LogP contribution in [0.2, 0.25) is 5.02 Å². The number of carbonyl (C=O) groups excluding carboxylic acids is 2. The number of alkyl halides is 3. The van der Waals surface area contributed by atoms with E-state index in [0.717, 1.165) is 0 Å². The SMILES string of the molecule is CCOC(=O)[C@H](Oc1cccc(Cl)c1)C(=O)C(F)(F)F. The molecule has 1 atom stereocenters. The number of rotatable bonds is 5. The van der Waals surface area contributed by atoms with E-state index in [1.54, 1.807) is 0 Å². The second kappa shape index (κ2) is 6.60. The molecule has 0 radical (unpaired) electrons. The highest BCUT2D eigenvalue weighted by Gasteiger charge is 2.48. The fourth-order valence-corrected chi connectivity index (χ4v) is 1.43. The Morgan fingerprint density at radius 1 is 1.35 bits per heavy atom. The number of halogens is 4. The summed E-state index contributed by atoms with van der Waals surface area (Å²) in [5, 5.41) is 0.185. The van der Waals surface area contributed by atoms with Crippen molar-refractivity contribution in [3.63, 3.8) is 0 Å². The molecule has 1 aromatic carbocycles. The van der Waals surface area contributed by atoms with Crippen molar-refractivity contribution >= 4 is 23.4 Å². The zero-order chi connectivity index (χ0) is 15.3. The predicted octanol–water partition coefficient (Wildman–Crippen LogP) is 2.78. The number of hydrogen-bond donors (Lipinski definition) is 0. The van der Waals surface area contributed by atoms with Gasteiger partial charge in [0.05, 0.1) is 6.61 Å². The van der Waals surface area contributed by atoms with E-state index in [2.05, 4.69) is 4.74 Å². The fraction of sp³-hybridized carbons (Fsp3) is 0.333. The molecular formula is C12H10ClF3O4. The first-order valence-corrected chi connectivity index (χ1v) is 5.83. The molecule has 0 saturated carbocycles. The Morgan fingerprint density at radius 2 is 2.00 bits per heavy atom. The first kappa shape index (κ1) is 16.3. The van der Waals surface area contributed by atoms with Crippen LogP contribution in [0.15, 0.2) is 24.3 Å². The summed E-state index contributed by atoms with van der Waals surface area (Å²) in [6, 6.07) is 5.30. The first-order valence-electron chi connectivity index (χ1n) is 5.45. The quantitative estimate of drug-likeness (QED) is 0.620. The molecule has 110 valence electrons. The monoisotopic (exact) mass is 310 g/mol. The van der Waals surface area contributed by atoms with Gasteiger partial charge in [-0.3, -0.25) is 4.79 Å². The first-order chi connectivity index (χ1) is 9.25. The molecule has 1 rings (SSSR count). The van der Waals surface area contributed by atoms with E-state index in [0.29, 0.717) is 0 Å². The fourth-order valence-electron chi connectivity index (χ4n) is 1.25. The van der Waals surface area contributed by atoms with Crippen LogP contribution in [-0.4, -0.2) is 30.6 Å². The molecular weight excluding hydrogens is 301 g/mol. The van der Waals surface area contributed by atoms with Gasteiger partial charge in [0.25, 0.3) is 11.9 Å². The maximum Gasteiger partial charge on any atom is 0.454 e. The summed E-state index contributed by atoms with van der Waals surface area (Å²) in [6.45, 7) is 1.21. The van der Waals surface area contributed by atoms with Crippen LogP contribution in [0.3, 0.4) is 0 Å². The average Bonchev–Trinajstić information content (AvgIpc) is 2.34. The van der Waals surface area contributed by atoms with Gasteiger partial charge in [0.1, 0.15) is 5.75 Å². The number of benzene rings is 1. The van der Waals surface area contributed by atoms with Crippen molar-refractivity contribution in [3.8, 4) is 5.75 Å². The molecule has 4 nitrogen and oxygen atoms in total. The number of esters is 1. The molecule has 0 aliphatic rings. The lowest BCUT2D eigenvalue weighted by molar-refractivity contribution is -0.184. The minimum atomic E-state index is -5.21. The van der Waals surface area contributed by atoms with Crippen LogP contribution >= 0.6 is 11.6 Å². The highest BCUT2D eigenvalue weighted by molar-refractivity contribution is 6.30. The minimum absolute atomic E-state index is 0.145. The van der Waals surface area contributed by atoms with Gasteiger partial charge in [-0.25, -0.2) is 4.79 Å². The Balaban J connectivity index is 2.99. The van der Waals surface area contributed by atoms with E-state index in [4.69, 9.17) is 16.3 Å². The molecule has 0 aliphatic heterocycles. The highest BCUT2D eigenvalue weighted by Crippen LogP contribution is 2.23. The van der Waals surface area contributed by atoms with Crippen LogP contribution in [-0.2, 0) is 14.3 Å². The molecule has 0 bridgehead atoms. The largest absolute Gasteiger partial charge is 0.470 e. The number of Topliss-reactive ketones (excluding diaryl/α,β-unsaturated/α-hetero) is 1. The van der Waals surface area contributed by atoms with Crippen molar-refractivity contribution in [2.45, 2.75) is 19.2 Å². The molecule has 0 aliphatic carbocycles. The van der Waals surface area contributed by atoms with Crippen LogP contribution in [0.25, 0.3) is 0 Å². The standard InChI is InChI=1S/C12H10ClF3O4/c1-2-19-11(18)9(10(17)12(14,15)16)20-8-5-3-4-7(13)6-8/h3-6,9H,2H2,1H3/t9-/m1/s1. The summed E-state index contributed by atoms with van der Waals surface area (Å²) in [5.41, 5.74) is 0. The van der Waals surface area contributed by atoms with Gasteiger partial charge in [-0.1, -0.05) is 17.7 Å². The van der Waals surface area contributed by atoms with Crippen LogP contribution in [0.4, 0.5) is 13.2 Å². The van der Waals surface area contributed by atoms with E-state index >= 15 is 0 Å². The van der Waals surface area contributed by atoms with Gasteiger partial charge in [-0.2, -0.15) is 13.2 Å². The van der Waals surface area contributed by atoms with E-state index in [9.17, 15) is 22.8 Å². The minimum Gasteiger partial charge on any atom is -0.470 e. The van der Waals surface area contributed by atoms with Crippen molar-refractivity contribution < 1.29 is 32.2 Å². The number of ketones is 1. The van der Waals surface area contributed by atoms with Crippen molar-refractivity contribution in [2.75, 3.05) is 6.61 Å². The Labute approximate surface area is 117 Å². The zero-order valence-corrected chi connectivity index (χ0v) is 11.0. The summed E-state index contributed by atoms with van der Waals surface area (Å²) in [4.78, 5) is 22.6. The summed E-state index contributed by atoms with van der Waals surface area (Å²) < 4.78 is 46.4. The van der Waals surface area contributed by atoms with E-state index in [1.165, 1.54) is 31.2 Å². The number of carbonyl (C=O) groups is 2. The highest BCUT2D eigenvalue weighted by atomic mass is 35.5. The van der Waals surface area contributed by atoms with E-state index in [-0.39, 0.29) is 17.4 Å². The van der Waals surface area contributed by atoms with Crippen molar-refractivity contribution in [2.24, 2.45) is 0 Å². The lowest BCUT2D eigenvalue weighted by Crippen LogP contribution is -2.44. The third kappa shape index (κ3) is 4.41. The maximum absolute atomic E-state index is 12.4. The van der Waals surface area contributed by atoms with Crippen LogP contribution in [0.5, 0.6) is 5.75 Å². The molecule has 0 saturated heterocycles. The van der Waals surface area contributed by atoms with Crippen LogP contribution in [0, 0.1) is 0 Å². The Hall–Kier alpha value is -1.76. The molecule has 0 spiro atoms. The lowest BCUT2D eigenvalue weighted by atomic mass is 10.2. The van der Waals surface area contributed by atoms with Gasteiger partial charge in [-0.15, -0.1) is 0 Å². The molecule has 0 aromatic heterocycles. The van der Waals surface area contributed by atoms with E-state index in [1.807, 2.05) is 0 Å². The van der Waals surface area contributed by atoms with Crippen molar-refractivity contribution in [1.82, 2.24) is 0 Å². The predicted molar refractivity (Wildman–Crippen MR) is 63.6 cm³/mol. The van der Waals surface area contributed by atoms with Gasteiger partial charge in [0.15, 0.2) is 0 Å². The van der Waals surface area contributed by atoms with Crippen molar-refractivity contribution in [3.05, 3.63) is 29.3 Å². The van der Waals surface area contributed by atoms with E-state index < -0.39 is 24.0 Å². The maximum atomic E-state index is 12.4. The van der Waals surface area contributed by atoms with Crippen LogP contribution in [0.1, 0.15) is 6.92 Å². The van der Waals surface area contributed by atoms with Gasteiger partial charge in [0.2, 0.25) is 0 Å². The molecule has 0 amide bonds. The zero-order valence-electron chi connectivity index (χ0n) is 10.2. The van der Waals surface area contributed by atoms with Gasteiger partial charge in [-0.05, 0) is 25.1 Å². The topological polar surface area (TPSA) is 52.6 Å². The average molecular weight is 311 g/mol. The van der Waals surface area contributed by atoms with Gasteiger partial charge < -0.3 is 9.47 Å². The third-order valence-electron chi connectivity index (χ3n) is 2.07. The third-order valence-corrected chi connectivity index (χ3v) is 2.30. The second-order valence-corrected chi connectivity index (χ2v) is 4.01. The number of hydrogen-bond acceptors (Lipinski definition) is 4. The molecule has 0 N–H and O–H groups in total. The summed E-state index contributed by atoms with van der Waals surface area (Å²) >= 11 is 5.64. The lowest BCUT2D eigenvalue weighted by Gasteiger charge is -2.17.